The summed E-state index contributed by atoms with van der Waals surface area (Å²) in [5, 5.41) is 10.3. The highest BCUT2D eigenvalue weighted by Gasteiger charge is 2.21. The van der Waals surface area contributed by atoms with Crippen LogP contribution in [0.15, 0.2) is 48.5 Å². The molecule has 1 N–H and O–H groups in total. The van der Waals surface area contributed by atoms with E-state index in [1.165, 1.54) is 22.4 Å². The van der Waals surface area contributed by atoms with Gasteiger partial charge in [-0.15, -0.1) is 0 Å². The second-order valence-electron chi connectivity index (χ2n) is 7.49. The van der Waals surface area contributed by atoms with Gasteiger partial charge in [-0.05, 0) is 37.0 Å². The van der Waals surface area contributed by atoms with Crippen LogP contribution in [0.5, 0.6) is 0 Å². The van der Waals surface area contributed by atoms with E-state index in [1.54, 1.807) is 0 Å². The summed E-state index contributed by atoms with van der Waals surface area (Å²) in [6.07, 6.45) is 0.467. The molecular formula is C23H32N2O2. The second-order valence-corrected chi connectivity index (χ2v) is 7.49. The molecular weight excluding hydrogens is 336 g/mol. The molecule has 1 fully saturated rings. The number of hydrogen-bond donors (Lipinski definition) is 1. The molecule has 0 aliphatic carbocycles. The van der Waals surface area contributed by atoms with Crippen molar-refractivity contribution in [1.82, 2.24) is 4.90 Å². The highest BCUT2D eigenvalue weighted by molar-refractivity contribution is 5.59. The van der Waals surface area contributed by atoms with Crippen LogP contribution < -0.4 is 4.90 Å². The number of ether oxygens (including phenoxy) is 1. The van der Waals surface area contributed by atoms with Gasteiger partial charge in [-0.2, -0.15) is 0 Å². The summed E-state index contributed by atoms with van der Waals surface area (Å²) in [5.41, 5.74) is 5.34. The van der Waals surface area contributed by atoms with Crippen molar-refractivity contribution < 1.29 is 9.84 Å². The first-order valence-electron chi connectivity index (χ1n) is 9.97. The lowest BCUT2D eigenvalue weighted by atomic mass is 10.1. The van der Waals surface area contributed by atoms with Gasteiger partial charge in [-0.3, -0.25) is 4.90 Å². The van der Waals surface area contributed by atoms with E-state index >= 15 is 0 Å². The van der Waals surface area contributed by atoms with Crippen LogP contribution in [0.3, 0.4) is 0 Å². The van der Waals surface area contributed by atoms with Crippen LogP contribution in [0.25, 0.3) is 0 Å². The third kappa shape index (κ3) is 5.80. The SMILES string of the molecule is Cc1cccc(C)c1N1CCN(CC(O)COCCc2ccccc2)CC1. The molecule has 4 heteroatoms. The fraction of sp³-hybridized carbons (Fsp3) is 0.478. The summed E-state index contributed by atoms with van der Waals surface area (Å²) in [5.74, 6) is 0. The fourth-order valence-corrected chi connectivity index (χ4v) is 3.86. The molecule has 0 radical (unpaired) electrons. The van der Waals surface area contributed by atoms with Crippen molar-refractivity contribution >= 4 is 5.69 Å². The molecule has 4 nitrogen and oxygen atoms in total. The molecule has 146 valence electrons. The number of para-hydroxylation sites is 1. The number of nitrogens with zero attached hydrogens (tertiary/aromatic N) is 2. The maximum Gasteiger partial charge on any atom is 0.0900 e. The van der Waals surface area contributed by atoms with Gasteiger partial charge >= 0.3 is 0 Å². The predicted octanol–water partition coefficient (Wildman–Crippen LogP) is 3.05. The van der Waals surface area contributed by atoms with Crippen molar-refractivity contribution in [3.63, 3.8) is 0 Å². The first-order chi connectivity index (χ1) is 13.1. The molecule has 0 aromatic heterocycles. The van der Waals surface area contributed by atoms with Crippen molar-refractivity contribution in [3.05, 3.63) is 65.2 Å². The number of aryl methyl sites for hydroxylation is 2. The number of anilines is 1. The average Bonchev–Trinajstić information content (AvgIpc) is 2.67. The molecule has 1 aliphatic rings. The summed E-state index contributed by atoms with van der Waals surface area (Å²) in [6, 6.07) is 16.8. The summed E-state index contributed by atoms with van der Waals surface area (Å²) in [7, 11) is 0. The highest BCUT2D eigenvalue weighted by atomic mass is 16.5. The molecule has 2 aromatic rings. The molecule has 3 rings (SSSR count). The Morgan fingerprint density at radius 3 is 2.26 bits per heavy atom. The lowest BCUT2D eigenvalue weighted by Crippen LogP contribution is -2.49. The van der Waals surface area contributed by atoms with E-state index in [2.05, 4.69) is 54.0 Å². The molecule has 27 heavy (non-hydrogen) atoms. The smallest absolute Gasteiger partial charge is 0.0900 e. The molecule has 0 spiro atoms. The molecule has 1 atom stereocenters. The van der Waals surface area contributed by atoms with E-state index in [-0.39, 0.29) is 0 Å². The second kappa shape index (κ2) is 9.88. The van der Waals surface area contributed by atoms with Gasteiger partial charge in [0, 0.05) is 38.4 Å². The van der Waals surface area contributed by atoms with Gasteiger partial charge in [0.05, 0.1) is 19.3 Å². The monoisotopic (exact) mass is 368 g/mol. The van der Waals surface area contributed by atoms with Crippen LogP contribution in [-0.4, -0.2) is 62.0 Å². The normalized spacial score (nSPS) is 16.5. The third-order valence-electron chi connectivity index (χ3n) is 5.29. The van der Waals surface area contributed by atoms with Crippen LogP contribution in [-0.2, 0) is 11.2 Å². The zero-order valence-electron chi connectivity index (χ0n) is 16.6. The van der Waals surface area contributed by atoms with Gasteiger partial charge in [0.15, 0.2) is 0 Å². The van der Waals surface area contributed by atoms with Crippen molar-refractivity contribution in [2.45, 2.75) is 26.4 Å². The predicted molar refractivity (Wildman–Crippen MR) is 112 cm³/mol. The first-order valence-corrected chi connectivity index (χ1v) is 9.97. The molecule has 2 aromatic carbocycles. The van der Waals surface area contributed by atoms with Crippen LogP contribution in [0, 0.1) is 13.8 Å². The minimum Gasteiger partial charge on any atom is -0.389 e. The molecule has 1 saturated heterocycles. The lowest BCUT2D eigenvalue weighted by Gasteiger charge is -2.38. The fourth-order valence-electron chi connectivity index (χ4n) is 3.86. The number of β-amino-alcohol motifs (C(OH)–C–C–N with tert-alkyl or cyclic N) is 1. The Bertz CT molecular complexity index is 677. The van der Waals surface area contributed by atoms with Crippen molar-refractivity contribution in [3.8, 4) is 0 Å². The van der Waals surface area contributed by atoms with E-state index in [0.717, 1.165) is 32.6 Å². The molecule has 0 bridgehead atoms. The largest absolute Gasteiger partial charge is 0.389 e. The molecule has 1 aliphatic heterocycles. The van der Waals surface area contributed by atoms with Gasteiger partial charge in [0.2, 0.25) is 0 Å². The van der Waals surface area contributed by atoms with Gasteiger partial charge < -0.3 is 14.7 Å². The average molecular weight is 369 g/mol. The van der Waals surface area contributed by atoms with Crippen LogP contribution >= 0.6 is 0 Å². The topological polar surface area (TPSA) is 35.9 Å². The minimum atomic E-state index is -0.424. The Morgan fingerprint density at radius 1 is 0.926 bits per heavy atom. The van der Waals surface area contributed by atoms with Crippen molar-refractivity contribution in [1.29, 1.82) is 0 Å². The summed E-state index contributed by atoms with van der Waals surface area (Å²) in [4.78, 5) is 4.82. The van der Waals surface area contributed by atoms with Crippen LogP contribution in [0.4, 0.5) is 5.69 Å². The van der Waals surface area contributed by atoms with Crippen LogP contribution in [0.2, 0.25) is 0 Å². The zero-order chi connectivity index (χ0) is 19.1. The van der Waals surface area contributed by atoms with Gasteiger partial charge in [0.1, 0.15) is 0 Å². The van der Waals surface area contributed by atoms with Gasteiger partial charge in [0.25, 0.3) is 0 Å². The summed E-state index contributed by atoms with van der Waals surface area (Å²) in [6.45, 7) is 10.1. The lowest BCUT2D eigenvalue weighted by molar-refractivity contribution is 0.0168. The summed E-state index contributed by atoms with van der Waals surface area (Å²) < 4.78 is 5.68. The molecule has 0 amide bonds. The Labute approximate surface area is 163 Å². The van der Waals surface area contributed by atoms with E-state index < -0.39 is 6.10 Å². The van der Waals surface area contributed by atoms with Crippen LogP contribution in [0.1, 0.15) is 16.7 Å². The molecule has 0 saturated carbocycles. The third-order valence-corrected chi connectivity index (χ3v) is 5.29. The number of piperazine rings is 1. The van der Waals surface area contributed by atoms with E-state index in [4.69, 9.17) is 4.74 Å². The number of aliphatic hydroxyl groups is 1. The van der Waals surface area contributed by atoms with Gasteiger partial charge in [-0.25, -0.2) is 0 Å². The number of benzene rings is 2. The highest BCUT2D eigenvalue weighted by Crippen LogP contribution is 2.25. The Morgan fingerprint density at radius 2 is 1.59 bits per heavy atom. The zero-order valence-corrected chi connectivity index (χ0v) is 16.6. The Kier molecular flexibility index (Phi) is 7.27. The molecule has 1 unspecified atom stereocenters. The quantitative estimate of drug-likeness (QED) is 0.727. The van der Waals surface area contributed by atoms with Crippen molar-refractivity contribution in [2.24, 2.45) is 0 Å². The Balaban J connectivity index is 1.36. The van der Waals surface area contributed by atoms with E-state index in [1.807, 2.05) is 18.2 Å². The summed E-state index contributed by atoms with van der Waals surface area (Å²) >= 11 is 0. The number of rotatable bonds is 8. The minimum absolute atomic E-state index is 0.407. The number of aliphatic hydroxyl groups excluding tert-OH is 1. The van der Waals surface area contributed by atoms with Gasteiger partial charge in [-0.1, -0.05) is 48.5 Å². The Hall–Kier alpha value is -1.88. The van der Waals surface area contributed by atoms with Crippen molar-refractivity contribution in [2.75, 3.05) is 50.8 Å². The molecule has 1 heterocycles. The number of hydrogen-bond acceptors (Lipinski definition) is 4. The first kappa shape index (κ1) is 19.9. The van der Waals surface area contributed by atoms with E-state index in [9.17, 15) is 5.11 Å². The maximum atomic E-state index is 10.3. The van der Waals surface area contributed by atoms with E-state index in [0.29, 0.717) is 19.8 Å². The standard InChI is InChI=1S/C23H32N2O2/c1-19-7-6-8-20(2)23(19)25-14-12-24(13-15-25)17-22(26)18-27-16-11-21-9-4-3-5-10-21/h3-10,22,26H,11-18H2,1-2H3. The maximum absolute atomic E-state index is 10.3.